The smallest absolute Gasteiger partial charge is 0.164 e. The molecule has 0 saturated carbocycles. The summed E-state index contributed by atoms with van der Waals surface area (Å²) in [6.45, 7) is 0. The monoisotopic (exact) mass is 1590 g/mol. The molecule has 0 N–H and O–H groups in total. The van der Waals surface area contributed by atoms with E-state index in [1.54, 1.807) is 0 Å². The van der Waals surface area contributed by atoms with Gasteiger partial charge in [-0.3, -0.25) is 0 Å². The van der Waals surface area contributed by atoms with E-state index in [2.05, 4.69) is 371 Å². The lowest BCUT2D eigenvalue weighted by molar-refractivity contribution is 1.07. The molecule has 124 heavy (non-hydrogen) atoms. The summed E-state index contributed by atoms with van der Waals surface area (Å²) in [4.78, 5) is 34.2. The number of para-hydroxylation sites is 6. The second-order valence-corrected chi connectivity index (χ2v) is 30.6. The van der Waals surface area contributed by atoms with Crippen molar-refractivity contribution in [1.29, 1.82) is 0 Å². The van der Waals surface area contributed by atoms with Crippen LogP contribution in [0.3, 0.4) is 0 Å². The third kappa shape index (κ3) is 15.1. The summed E-state index contributed by atoms with van der Waals surface area (Å²) in [7, 11) is 0. The average molecular weight is 1590 g/mol. The van der Waals surface area contributed by atoms with Gasteiger partial charge in [0.25, 0.3) is 0 Å². The second kappa shape index (κ2) is 33.5. The highest BCUT2D eigenvalue weighted by Gasteiger charge is 2.22. The van der Waals surface area contributed by atoms with Gasteiger partial charge in [-0.25, -0.2) is 29.9 Å². The van der Waals surface area contributed by atoms with Crippen LogP contribution in [-0.4, -0.2) is 39.0 Å². The summed E-state index contributed by atoms with van der Waals surface area (Å²) in [6.07, 6.45) is 0. The van der Waals surface area contributed by atoms with Gasteiger partial charge >= 0.3 is 0 Å². The van der Waals surface area contributed by atoms with Crippen molar-refractivity contribution < 1.29 is 0 Å². The van der Waals surface area contributed by atoms with Crippen LogP contribution in [-0.2, 0) is 0 Å². The normalized spacial score (nSPS) is 11.2. The first-order chi connectivity index (χ1) is 61.5. The minimum Gasteiger partial charge on any atom is -0.311 e. The highest BCUT2D eigenvalue weighted by atomic mass is 15.1. The number of anilines is 6. The van der Waals surface area contributed by atoms with Crippen LogP contribution in [0, 0.1) is 0 Å². The fourth-order valence-electron chi connectivity index (χ4n) is 16.8. The van der Waals surface area contributed by atoms with E-state index >= 15 is 0 Å². The van der Waals surface area contributed by atoms with Gasteiger partial charge in [-0.15, -0.1) is 0 Å². The zero-order valence-electron chi connectivity index (χ0n) is 67.5. The van der Waals surface area contributed by atoms with Gasteiger partial charge in [0, 0.05) is 100 Å². The molecule has 0 saturated heterocycles. The molecule has 0 radical (unpaired) electrons. The van der Waals surface area contributed by atoms with E-state index in [4.69, 9.17) is 29.9 Å². The van der Waals surface area contributed by atoms with Gasteiger partial charge in [0.05, 0.1) is 22.1 Å². The number of hydrogen-bond acceptors (Lipinski definition) is 8. The van der Waals surface area contributed by atoms with Crippen LogP contribution in [0.4, 0.5) is 34.1 Å². The molecule has 18 aromatic carbocycles. The molecule has 0 aliphatic carbocycles. The van der Waals surface area contributed by atoms with E-state index in [9.17, 15) is 0 Å². The largest absolute Gasteiger partial charge is 0.311 e. The summed E-state index contributed by atoms with van der Waals surface area (Å²) in [5.41, 5.74) is 28.4. The van der Waals surface area contributed by atoms with Crippen LogP contribution in [0.15, 0.2) is 473 Å². The van der Waals surface area contributed by atoms with Crippen LogP contribution in [0.2, 0.25) is 0 Å². The number of rotatable bonds is 18. The third-order valence-corrected chi connectivity index (χ3v) is 22.9. The van der Waals surface area contributed by atoms with Crippen molar-refractivity contribution in [2.24, 2.45) is 0 Å². The zero-order valence-corrected chi connectivity index (χ0v) is 67.5. The number of fused-ring (bicyclic) bond motifs is 6. The average Bonchev–Trinajstić information content (AvgIpc) is 1.59. The van der Waals surface area contributed by atoms with Gasteiger partial charge < -0.3 is 18.9 Å². The van der Waals surface area contributed by atoms with Gasteiger partial charge in [-0.2, -0.15) is 0 Å². The minimum atomic E-state index is 0.633. The predicted molar refractivity (Wildman–Crippen MR) is 512 cm³/mol. The Morgan fingerprint density at radius 2 is 0.371 bits per heavy atom. The number of benzene rings is 18. The third-order valence-electron chi connectivity index (χ3n) is 22.9. The van der Waals surface area contributed by atoms with E-state index in [1.807, 2.05) is 121 Å². The molecule has 0 bridgehead atoms. The van der Waals surface area contributed by atoms with E-state index in [-0.39, 0.29) is 0 Å². The molecular formula is C114H78N10. The highest BCUT2D eigenvalue weighted by molar-refractivity contribution is 6.12. The number of hydrogen-bond donors (Lipinski definition) is 0. The van der Waals surface area contributed by atoms with Crippen LogP contribution >= 0.6 is 0 Å². The summed E-state index contributed by atoms with van der Waals surface area (Å²) in [5, 5.41) is 4.87. The molecule has 22 aromatic rings. The summed E-state index contributed by atoms with van der Waals surface area (Å²) in [5.74, 6) is 3.87. The van der Waals surface area contributed by atoms with E-state index in [0.29, 0.717) is 34.9 Å². The van der Waals surface area contributed by atoms with E-state index < -0.39 is 0 Å². The number of nitrogens with zero attached hydrogens (tertiary/aromatic N) is 10. The van der Waals surface area contributed by atoms with E-state index in [1.165, 1.54) is 54.8 Å². The molecule has 584 valence electrons. The Kier molecular flexibility index (Phi) is 20.2. The van der Waals surface area contributed by atoms with Crippen molar-refractivity contribution in [3.63, 3.8) is 0 Å². The van der Waals surface area contributed by atoms with Gasteiger partial charge in [-0.1, -0.05) is 334 Å². The molecule has 0 spiro atoms. The first-order valence-corrected chi connectivity index (χ1v) is 41.7. The highest BCUT2D eigenvalue weighted by Crippen LogP contribution is 2.43. The Morgan fingerprint density at radius 3 is 0.750 bits per heavy atom. The molecule has 0 amide bonds. The van der Waals surface area contributed by atoms with Crippen molar-refractivity contribution in [3.8, 4) is 124 Å². The molecule has 10 heteroatoms. The molecule has 0 unspecified atom stereocenters. The topological polar surface area (TPSA) is 93.7 Å². The Morgan fingerprint density at radius 1 is 0.137 bits per heavy atom. The molecule has 4 heterocycles. The van der Waals surface area contributed by atoms with Gasteiger partial charge in [0.2, 0.25) is 0 Å². The quantitative estimate of drug-likeness (QED) is 0.0839. The van der Waals surface area contributed by atoms with Crippen molar-refractivity contribution in [2.45, 2.75) is 0 Å². The van der Waals surface area contributed by atoms with Crippen molar-refractivity contribution in [2.75, 3.05) is 9.80 Å². The lowest BCUT2D eigenvalue weighted by Gasteiger charge is -2.25. The fraction of sp³-hybridized carbons (Fsp3) is 0. The predicted octanol–water partition coefficient (Wildman–Crippen LogP) is 29.5. The fourth-order valence-corrected chi connectivity index (χ4v) is 16.8. The van der Waals surface area contributed by atoms with Gasteiger partial charge in [0.15, 0.2) is 34.9 Å². The van der Waals surface area contributed by atoms with Crippen LogP contribution in [0.5, 0.6) is 0 Å². The first kappa shape index (κ1) is 74.7. The maximum absolute atomic E-state index is 5.00. The molecule has 10 nitrogen and oxygen atoms in total. The first-order valence-electron chi connectivity index (χ1n) is 41.7. The van der Waals surface area contributed by atoms with Crippen molar-refractivity contribution in [3.05, 3.63) is 473 Å². The molecule has 0 atom stereocenters. The summed E-state index contributed by atoms with van der Waals surface area (Å²) >= 11 is 0. The Balaban J connectivity index is 0.000000152. The second-order valence-electron chi connectivity index (χ2n) is 30.6. The Hall–Kier alpha value is -16.8. The zero-order chi connectivity index (χ0) is 82.5. The number of aromatic nitrogens is 8. The lowest BCUT2D eigenvalue weighted by atomic mass is 10.0. The van der Waals surface area contributed by atoms with Crippen LogP contribution < -0.4 is 9.80 Å². The lowest BCUT2D eigenvalue weighted by Crippen LogP contribution is -2.09. The molecule has 22 rings (SSSR count). The van der Waals surface area contributed by atoms with Gasteiger partial charge in [-0.05, 0) is 184 Å². The maximum Gasteiger partial charge on any atom is 0.164 e. The molecule has 0 aliphatic rings. The summed E-state index contributed by atoms with van der Waals surface area (Å²) in [6, 6.07) is 166. The summed E-state index contributed by atoms with van der Waals surface area (Å²) < 4.78 is 4.75. The minimum absolute atomic E-state index is 0.633. The van der Waals surface area contributed by atoms with Crippen LogP contribution in [0.1, 0.15) is 0 Å². The SMILES string of the molecule is c1ccc(-c2nc(-c3ccccc3)nc(-c3ccc(-c4ccc(-n5c6ccccc6c6cc(-c7ccc(N(c8ccccc8)c8ccccc8)cc7)ccc65)cc4)cc3)n2)cc1.c1ccc(-c2nc(-c3ccccc3)nc(-c3cccc(-c4cccc(-n5c6ccccc6c6cc(-c7ccc(N(c8ccccc8)c8ccccc8)cc7)ccc65)c4)c3)n2)cc1. The molecule has 0 fully saturated rings. The van der Waals surface area contributed by atoms with Crippen LogP contribution in [0.25, 0.3) is 168 Å². The van der Waals surface area contributed by atoms with Gasteiger partial charge in [0.1, 0.15) is 0 Å². The Bertz CT molecular complexity index is 7330. The van der Waals surface area contributed by atoms with Crippen molar-refractivity contribution in [1.82, 2.24) is 39.0 Å². The standard InChI is InChI=1S/2C57H39N5/c1-5-17-41(18-6-1)55-58-56(42-19-7-2-8-20-42)60-57(59-55)46-23-15-21-43(37-46)44-22-16-28-50(38-44)62-53-30-14-13-29-51(53)52-39-45(33-36-54(52)62)40-31-34-49(35-32-40)61(47-24-9-3-10-25-47)48-26-11-4-12-27-48;1-5-15-43(16-6-1)55-58-56(44-17-7-2-8-18-44)60-57(59-55)45-27-25-40(26-28-45)41-29-36-50(37-30-41)62-53-24-14-13-23-51(53)52-39-46(33-38-54(52)62)42-31-34-49(35-32-42)61(47-19-9-3-10-20-47)48-21-11-4-12-22-48/h2*1-39H. The van der Waals surface area contributed by atoms with Crippen molar-refractivity contribution >= 4 is 77.7 Å². The maximum atomic E-state index is 5.00. The molecule has 0 aliphatic heterocycles. The molecule has 4 aromatic heterocycles. The van der Waals surface area contributed by atoms with E-state index in [0.717, 1.165) is 112 Å². The molecular weight excluding hydrogens is 1510 g/mol. The Labute approximate surface area is 719 Å².